The van der Waals surface area contributed by atoms with Gasteiger partial charge in [0, 0.05) is 10.0 Å². The fourth-order valence-corrected chi connectivity index (χ4v) is 1.61. The molecule has 0 bridgehead atoms. The molecule has 1 aromatic carbocycles. The number of carbonyl (C=O) groups excluding carboxylic acids is 1. The zero-order valence-electron chi connectivity index (χ0n) is 9.15. The molecule has 1 aromatic rings. The second-order valence-corrected chi connectivity index (χ2v) is 4.24. The first-order valence-corrected chi connectivity index (χ1v) is 5.55. The van der Waals surface area contributed by atoms with Gasteiger partial charge in [-0.25, -0.2) is 0 Å². The van der Waals surface area contributed by atoms with Crippen molar-refractivity contribution in [1.82, 2.24) is 0 Å². The van der Waals surface area contributed by atoms with Gasteiger partial charge in [0.2, 0.25) is 0 Å². The summed E-state index contributed by atoms with van der Waals surface area (Å²) in [4.78, 5) is 11.7. The predicted octanol–water partition coefficient (Wildman–Crippen LogP) is 3.66. The molecule has 0 radical (unpaired) electrons. The lowest BCUT2D eigenvalue weighted by Crippen LogP contribution is -1.99. The molecule has 2 heteroatoms. The van der Waals surface area contributed by atoms with Crippen molar-refractivity contribution in [3.05, 3.63) is 33.3 Å². The number of halogens is 1. The van der Waals surface area contributed by atoms with Crippen molar-refractivity contribution in [3.63, 3.8) is 0 Å². The molecule has 1 rings (SSSR count). The third-order valence-electron chi connectivity index (χ3n) is 2.18. The molecule has 0 aromatic heterocycles. The summed E-state index contributed by atoms with van der Waals surface area (Å²) in [5, 5.41) is 0. The molecule has 0 amide bonds. The van der Waals surface area contributed by atoms with Gasteiger partial charge < -0.3 is 0 Å². The maximum atomic E-state index is 11.7. The van der Waals surface area contributed by atoms with E-state index >= 15 is 0 Å². The van der Waals surface area contributed by atoms with E-state index in [-0.39, 0.29) is 5.78 Å². The van der Waals surface area contributed by atoms with E-state index in [1.54, 1.807) is 6.92 Å². The minimum Gasteiger partial charge on any atom is -0.293 e. The summed E-state index contributed by atoms with van der Waals surface area (Å²) >= 11 is 3.48. The van der Waals surface area contributed by atoms with E-state index in [2.05, 4.69) is 27.8 Å². The number of rotatable bonds is 2. The standard InChI is InChI=1S/C13H13BrO/c1-4-5-6-12(15)11-7-9(2)13(14)10(3)8-11/h7-8H,6H2,1-3H3. The largest absolute Gasteiger partial charge is 0.293 e. The number of Topliss-reactive ketones (excluding diaryl/α,β-unsaturated/α-hetero) is 1. The Labute approximate surface area is 99.0 Å². The Morgan fingerprint density at radius 2 is 1.87 bits per heavy atom. The molecule has 0 aliphatic carbocycles. The highest BCUT2D eigenvalue weighted by Gasteiger charge is 2.08. The van der Waals surface area contributed by atoms with Crippen LogP contribution in [-0.4, -0.2) is 5.78 Å². The Bertz CT molecular complexity index is 426. The van der Waals surface area contributed by atoms with Crippen LogP contribution in [0.3, 0.4) is 0 Å². The zero-order chi connectivity index (χ0) is 11.4. The van der Waals surface area contributed by atoms with Gasteiger partial charge in [-0.15, -0.1) is 5.92 Å². The van der Waals surface area contributed by atoms with Gasteiger partial charge in [-0.3, -0.25) is 4.79 Å². The molecule has 15 heavy (non-hydrogen) atoms. The van der Waals surface area contributed by atoms with Gasteiger partial charge >= 0.3 is 0 Å². The minimum atomic E-state index is 0.0862. The van der Waals surface area contributed by atoms with E-state index < -0.39 is 0 Å². The molecular weight excluding hydrogens is 252 g/mol. The lowest BCUT2D eigenvalue weighted by molar-refractivity contribution is 0.0998. The van der Waals surface area contributed by atoms with Crippen LogP contribution in [0.2, 0.25) is 0 Å². The summed E-state index contributed by atoms with van der Waals surface area (Å²) in [6, 6.07) is 3.80. The second kappa shape index (κ2) is 5.14. The number of benzene rings is 1. The van der Waals surface area contributed by atoms with Crippen molar-refractivity contribution in [2.75, 3.05) is 0 Å². The summed E-state index contributed by atoms with van der Waals surface area (Å²) in [6.07, 6.45) is 0.303. The molecule has 0 atom stereocenters. The van der Waals surface area contributed by atoms with Crippen molar-refractivity contribution < 1.29 is 4.79 Å². The average molecular weight is 265 g/mol. The number of aryl methyl sites for hydroxylation is 2. The maximum Gasteiger partial charge on any atom is 0.174 e. The summed E-state index contributed by atoms with van der Waals surface area (Å²) in [7, 11) is 0. The molecule has 0 heterocycles. The zero-order valence-corrected chi connectivity index (χ0v) is 10.7. The Balaban J connectivity index is 3.04. The lowest BCUT2D eigenvalue weighted by atomic mass is 10.0. The molecule has 0 N–H and O–H groups in total. The Hall–Kier alpha value is -1.07. The molecular formula is C13H13BrO. The number of hydrogen-bond acceptors (Lipinski definition) is 1. The van der Waals surface area contributed by atoms with Crippen LogP contribution >= 0.6 is 15.9 Å². The van der Waals surface area contributed by atoms with Crippen molar-refractivity contribution in [1.29, 1.82) is 0 Å². The van der Waals surface area contributed by atoms with Gasteiger partial charge in [0.05, 0.1) is 6.42 Å². The van der Waals surface area contributed by atoms with Crippen LogP contribution < -0.4 is 0 Å². The molecule has 0 spiro atoms. The lowest BCUT2D eigenvalue weighted by Gasteiger charge is -2.05. The molecule has 0 saturated heterocycles. The molecule has 0 aliphatic rings. The third kappa shape index (κ3) is 2.94. The summed E-state index contributed by atoms with van der Waals surface area (Å²) in [6.45, 7) is 5.71. The number of carbonyl (C=O) groups is 1. The van der Waals surface area contributed by atoms with Crippen LogP contribution in [0.15, 0.2) is 16.6 Å². The molecule has 0 fully saturated rings. The number of ketones is 1. The fraction of sp³-hybridized carbons (Fsp3) is 0.308. The molecule has 0 saturated carbocycles. The summed E-state index contributed by atoms with van der Waals surface area (Å²) in [5.41, 5.74) is 2.92. The highest BCUT2D eigenvalue weighted by atomic mass is 79.9. The van der Waals surface area contributed by atoms with Crippen LogP contribution in [0.1, 0.15) is 34.8 Å². The van der Waals surface area contributed by atoms with Gasteiger partial charge in [-0.2, -0.15) is 0 Å². The van der Waals surface area contributed by atoms with Crippen LogP contribution in [0.25, 0.3) is 0 Å². The molecule has 1 nitrogen and oxygen atoms in total. The Morgan fingerprint density at radius 1 is 1.33 bits per heavy atom. The maximum absolute atomic E-state index is 11.7. The minimum absolute atomic E-state index is 0.0862. The van der Waals surface area contributed by atoms with Crippen LogP contribution in [0.5, 0.6) is 0 Å². The highest BCUT2D eigenvalue weighted by molar-refractivity contribution is 9.10. The van der Waals surface area contributed by atoms with Crippen LogP contribution in [0.4, 0.5) is 0 Å². The van der Waals surface area contributed by atoms with Gasteiger partial charge in [0.15, 0.2) is 5.78 Å². The monoisotopic (exact) mass is 264 g/mol. The first-order chi connectivity index (χ1) is 7.06. The third-order valence-corrected chi connectivity index (χ3v) is 3.43. The van der Waals surface area contributed by atoms with Crippen LogP contribution in [0, 0.1) is 25.7 Å². The Morgan fingerprint density at radius 3 is 2.33 bits per heavy atom. The molecule has 0 aliphatic heterocycles. The second-order valence-electron chi connectivity index (χ2n) is 3.45. The quantitative estimate of drug-likeness (QED) is 0.589. The van der Waals surface area contributed by atoms with Crippen molar-refractivity contribution >= 4 is 21.7 Å². The van der Waals surface area contributed by atoms with E-state index in [1.807, 2.05) is 26.0 Å². The SMILES string of the molecule is CC#CCC(=O)c1cc(C)c(Br)c(C)c1. The highest BCUT2D eigenvalue weighted by Crippen LogP contribution is 2.22. The first kappa shape index (κ1) is 12.0. The summed E-state index contributed by atoms with van der Waals surface area (Å²) in [5.74, 6) is 5.60. The Kier molecular flexibility index (Phi) is 4.11. The van der Waals surface area contributed by atoms with Gasteiger partial charge in [0.1, 0.15) is 0 Å². The number of hydrogen-bond donors (Lipinski definition) is 0. The van der Waals surface area contributed by atoms with E-state index in [0.29, 0.717) is 6.42 Å². The normalized spacial score (nSPS) is 9.33. The van der Waals surface area contributed by atoms with E-state index in [0.717, 1.165) is 21.2 Å². The van der Waals surface area contributed by atoms with Gasteiger partial charge in [-0.1, -0.05) is 21.9 Å². The van der Waals surface area contributed by atoms with Crippen molar-refractivity contribution in [3.8, 4) is 11.8 Å². The molecule has 78 valence electrons. The first-order valence-electron chi connectivity index (χ1n) is 4.75. The van der Waals surface area contributed by atoms with E-state index in [9.17, 15) is 4.79 Å². The topological polar surface area (TPSA) is 17.1 Å². The fourth-order valence-electron chi connectivity index (χ4n) is 1.38. The average Bonchev–Trinajstić information content (AvgIpc) is 2.21. The van der Waals surface area contributed by atoms with Gasteiger partial charge in [0.25, 0.3) is 0 Å². The smallest absolute Gasteiger partial charge is 0.174 e. The van der Waals surface area contributed by atoms with E-state index in [1.165, 1.54) is 0 Å². The van der Waals surface area contributed by atoms with E-state index in [4.69, 9.17) is 0 Å². The summed E-state index contributed by atoms with van der Waals surface area (Å²) < 4.78 is 1.07. The predicted molar refractivity (Wildman–Crippen MR) is 66.0 cm³/mol. The van der Waals surface area contributed by atoms with Gasteiger partial charge in [-0.05, 0) is 44.0 Å². The molecule has 0 unspecified atom stereocenters. The van der Waals surface area contributed by atoms with Crippen molar-refractivity contribution in [2.24, 2.45) is 0 Å². The van der Waals surface area contributed by atoms with Crippen LogP contribution in [-0.2, 0) is 0 Å². The van der Waals surface area contributed by atoms with Crippen molar-refractivity contribution in [2.45, 2.75) is 27.2 Å².